The second kappa shape index (κ2) is 10.9. The summed E-state index contributed by atoms with van der Waals surface area (Å²) in [5.41, 5.74) is 4.87. The number of piperidine rings is 1. The van der Waals surface area contributed by atoms with Crippen molar-refractivity contribution in [3.05, 3.63) is 33.9 Å². The molecule has 3 heterocycles. The first-order valence-electron chi connectivity index (χ1n) is 14.1. The summed E-state index contributed by atoms with van der Waals surface area (Å²) in [6, 6.07) is 1.15. The third kappa shape index (κ3) is 5.35. The fourth-order valence-electron chi connectivity index (χ4n) is 5.95. The molecular weight excluding hydrogens is 519 g/mol. The van der Waals surface area contributed by atoms with Gasteiger partial charge in [-0.05, 0) is 71.4 Å². The van der Waals surface area contributed by atoms with Gasteiger partial charge in [0.2, 0.25) is 5.43 Å². The molecule has 5 rings (SSSR count). The Labute approximate surface area is 233 Å². The minimum Gasteiger partial charge on any atom is -0.492 e. The van der Waals surface area contributed by atoms with E-state index in [-0.39, 0.29) is 53.1 Å². The number of nitrogens with zero attached hydrogens (tertiary/aromatic N) is 3. The number of hydrogen-bond donors (Lipinski definition) is 1. The Morgan fingerprint density at radius 3 is 2.58 bits per heavy atom. The van der Waals surface area contributed by atoms with Gasteiger partial charge in [0.15, 0.2) is 11.6 Å². The van der Waals surface area contributed by atoms with Crippen LogP contribution in [0.25, 0.3) is 10.9 Å². The van der Waals surface area contributed by atoms with Gasteiger partial charge in [-0.1, -0.05) is 0 Å². The van der Waals surface area contributed by atoms with Crippen LogP contribution in [0.5, 0.6) is 5.75 Å². The summed E-state index contributed by atoms with van der Waals surface area (Å²) >= 11 is 0. The molecule has 2 aliphatic heterocycles. The minimum atomic E-state index is -0.746. The topological polar surface area (TPSA) is 116 Å². The lowest BCUT2D eigenvalue weighted by atomic mass is 9.92. The summed E-state index contributed by atoms with van der Waals surface area (Å²) in [6.07, 6.45) is 5.14. The van der Waals surface area contributed by atoms with E-state index in [1.54, 1.807) is 4.90 Å². The first kappa shape index (κ1) is 28.2. The van der Waals surface area contributed by atoms with Crippen molar-refractivity contribution in [3.63, 3.8) is 0 Å². The largest absolute Gasteiger partial charge is 0.492 e. The van der Waals surface area contributed by atoms with Crippen molar-refractivity contribution in [2.24, 2.45) is 11.7 Å². The van der Waals surface area contributed by atoms with Crippen molar-refractivity contribution in [1.29, 1.82) is 0 Å². The van der Waals surface area contributed by atoms with Crippen molar-refractivity contribution in [1.82, 2.24) is 9.47 Å². The number of carbonyl (C=O) groups excluding carboxylic acids is 2. The van der Waals surface area contributed by atoms with Gasteiger partial charge in [0.25, 0.3) is 0 Å². The fourth-order valence-corrected chi connectivity index (χ4v) is 5.95. The van der Waals surface area contributed by atoms with Gasteiger partial charge in [-0.15, -0.1) is 0 Å². The zero-order chi connectivity index (χ0) is 28.8. The van der Waals surface area contributed by atoms with E-state index < -0.39 is 22.8 Å². The van der Waals surface area contributed by atoms with E-state index in [2.05, 4.69) is 0 Å². The second-order valence-electron chi connectivity index (χ2n) is 12.0. The van der Waals surface area contributed by atoms with Gasteiger partial charge in [-0.3, -0.25) is 4.79 Å². The number of likely N-dealkylation sites (tertiary alicyclic amines) is 1. The third-order valence-electron chi connectivity index (χ3n) is 7.87. The predicted octanol–water partition coefficient (Wildman–Crippen LogP) is 3.83. The van der Waals surface area contributed by atoms with Crippen molar-refractivity contribution in [3.8, 4) is 5.75 Å². The highest BCUT2D eigenvalue weighted by Crippen LogP contribution is 2.45. The minimum absolute atomic E-state index is 0.0646. The fraction of sp³-hybridized carbons (Fsp3) is 0.621. The number of aromatic nitrogens is 1. The number of amides is 1. The number of rotatable bonds is 7. The molecular formula is C29H39FN4O6. The van der Waals surface area contributed by atoms with Crippen molar-refractivity contribution >= 4 is 28.7 Å². The Hall–Kier alpha value is -3.34. The molecule has 1 aromatic carbocycles. The molecule has 10 nitrogen and oxygen atoms in total. The Morgan fingerprint density at radius 1 is 1.18 bits per heavy atom. The summed E-state index contributed by atoms with van der Waals surface area (Å²) in [6.45, 7) is 7.53. The number of carbonyl (C=O) groups is 2. The van der Waals surface area contributed by atoms with E-state index in [4.69, 9.17) is 19.9 Å². The number of hydrogen-bond acceptors (Lipinski definition) is 8. The Balaban J connectivity index is 1.54. The lowest BCUT2D eigenvalue weighted by molar-refractivity contribution is 0.00667. The number of fused-ring (bicyclic) bond motifs is 2. The second-order valence-corrected chi connectivity index (χ2v) is 12.0. The average molecular weight is 559 g/mol. The molecule has 0 bridgehead atoms. The standard InChI is InChI=1S/C29H39FN4O6/c1-29(2,3)40-28(37)33-11-5-7-17-14-32(16-22(17)33)24-21(30)13-19-23(26(24)38-4)34(18-8-9-18)15-20(25(19)35)27(36)39-12-6-10-31/h13,15,17-18,22H,5-12,14,16,31H2,1-4H3. The Bertz CT molecular complexity index is 1370. The molecule has 1 amide bonds. The molecule has 0 spiro atoms. The normalized spacial score (nSPS) is 20.9. The van der Waals surface area contributed by atoms with Crippen LogP contribution in [0.15, 0.2) is 17.1 Å². The maximum atomic E-state index is 16.0. The molecule has 3 fully saturated rings. The van der Waals surface area contributed by atoms with E-state index in [0.29, 0.717) is 38.1 Å². The molecule has 2 saturated heterocycles. The molecule has 11 heteroatoms. The van der Waals surface area contributed by atoms with Crippen LogP contribution < -0.4 is 20.8 Å². The zero-order valence-electron chi connectivity index (χ0n) is 23.7. The van der Waals surface area contributed by atoms with Crippen molar-refractivity contribution in [2.45, 2.75) is 70.6 Å². The highest BCUT2D eigenvalue weighted by molar-refractivity contribution is 5.97. The number of pyridine rings is 1. The van der Waals surface area contributed by atoms with Gasteiger partial charge in [0.05, 0.1) is 30.7 Å². The van der Waals surface area contributed by atoms with Crippen LogP contribution in [0.2, 0.25) is 0 Å². The van der Waals surface area contributed by atoms with Crippen LogP contribution in [-0.4, -0.2) is 73.1 Å². The maximum absolute atomic E-state index is 16.0. The van der Waals surface area contributed by atoms with Gasteiger partial charge in [0.1, 0.15) is 16.9 Å². The Morgan fingerprint density at radius 2 is 1.93 bits per heavy atom. The molecule has 1 aromatic heterocycles. The summed E-state index contributed by atoms with van der Waals surface area (Å²) in [4.78, 5) is 42.9. The number of methoxy groups -OCH3 is 1. The summed E-state index contributed by atoms with van der Waals surface area (Å²) < 4.78 is 34.6. The van der Waals surface area contributed by atoms with Gasteiger partial charge in [0, 0.05) is 31.9 Å². The molecule has 2 aromatic rings. The van der Waals surface area contributed by atoms with Gasteiger partial charge >= 0.3 is 12.1 Å². The molecule has 1 saturated carbocycles. The monoisotopic (exact) mass is 558 g/mol. The molecule has 218 valence electrons. The number of anilines is 1. The predicted molar refractivity (Wildman–Crippen MR) is 149 cm³/mol. The van der Waals surface area contributed by atoms with Gasteiger partial charge in [-0.25, -0.2) is 14.0 Å². The number of nitrogens with two attached hydrogens (primary N) is 1. The van der Waals surface area contributed by atoms with Crippen LogP contribution in [0.1, 0.15) is 69.3 Å². The summed E-state index contributed by atoms with van der Waals surface area (Å²) in [7, 11) is 1.46. The van der Waals surface area contributed by atoms with E-state index in [1.165, 1.54) is 19.4 Å². The van der Waals surface area contributed by atoms with Crippen LogP contribution in [0.3, 0.4) is 0 Å². The van der Waals surface area contributed by atoms with Crippen LogP contribution in [0.4, 0.5) is 14.9 Å². The maximum Gasteiger partial charge on any atom is 0.410 e. The summed E-state index contributed by atoms with van der Waals surface area (Å²) in [5, 5.41) is 0.0743. The van der Waals surface area contributed by atoms with E-state index in [1.807, 2.05) is 30.2 Å². The zero-order valence-corrected chi connectivity index (χ0v) is 23.7. The van der Waals surface area contributed by atoms with Crippen molar-refractivity contribution < 1.29 is 28.2 Å². The molecule has 0 radical (unpaired) electrons. The van der Waals surface area contributed by atoms with Gasteiger partial charge in [-0.2, -0.15) is 0 Å². The first-order valence-corrected chi connectivity index (χ1v) is 14.1. The van der Waals surface area contributed by atoms with E-state index >= 15 is 4.39 Å². The highest BCUT2D eigenvalue weighted by Gasteiger charge is 2.44. The lowest BCUT2D eigenvalue weighted by Crippen LogP contribution is -2.50. The third-order valence-corrected chi connectivity index (χ3v) is 7.87. The number of esters is 1. The molecule has 2 unspecified atom stereocenters. The quantitative estimate of drug-likeness (QED) is 0.403. The van der Waals surface area contributed by atoms with Crippen LogP contribution >= 0.6 is 0 Å². The van der Waals surface area contributed by atoms with Gasteiger partial charge < -0.3 is 34.3 Å². The van der Waals surface area contributed by atoms with Crippen LogP contribution in [-0.2, 0) is 9.47 Å². The smallest absolute Gasteiger partial charge is 0.410 e. The van der Waals surface area contributed by atoms with Crippen LogP contribution in [0, 0.1) is 11.7 Å². The summed E-state index contributed by atoms with van der Waals surface area (Å²) in [5.74, 6) is -0.953. The average Bonchev–Trinajstić information content (AvgIpc) is 3.65. The van der Waals surface area contributed by atoms with E-state index in [9.17, 15) is 14.4 Å². The van der Waals surface area contributed by atoms with Crippen molar-refractivity contribution in [2.75, 3.05) is 44.8 Å². The molecule has 3 aliphatic rings. The first-order chi connectivity index (χ1) is 19.0. The SMILES string of the molecule is COc1c(N2CC3CCCN(C(=O)OC(C)(C)C)C3C2)c(F)cc2c(=O)c(C(=O)OCCCN)cn(C3CC3)c12. The van der Waals surface area contributed by atoms with E-state index in [0.717, 1.165) is 25.7 Å². The highest BCUT2D eigenvalue weighted by atomic mass is 19.1. The Kier molecular flexibility index (Phi) is 7.69. The number of benzene rings is 1. The molecule has 1 aliphatic carbocycles. The number of ether oxygens (including phenoxy) is 3. The molecule has 2 atom stereocenters. The lowest BCUT2D eigenvalue weighted by Gasteiger charge is -2.37. The molecule has 2 N–H and O–H groups in total. The number of halogens is 1. The molecule has 40 heavy (non-hydrogen) atoms.